The van der Waals surface area contributed by atoms with Crippen LogP contribution in [0.4, 0.5) is 5.69 Å². The third-order valence-electron chi connectivity index (χ3n) is 3.02. The van der Waals surface area contributed by atoms with Crippen LogP contribution >= 0.6 is 0 Å². The van der Waals surface area contributed by atoms with E-state index in [2.05, 4.69) is 35.6 Å². The van der Waals surface area contributed by atoms with Crippen LogP contribution in [0.5, 0.6) is 0 Å². The molecule has 1 aromatic carbocycles. The van der Waals surface area contributed by atoms with E-state index in [1.807, 2.05) is 40.9 Å². The molecule has 0 aliphatic carbocycles. The van der Waals surface area contributed by atoms with Crippen LogP contribution in [-0.2, 0) is 6.54 Å². The van der Waals surface area contributed by atoms with Crippen molar-refractivity contribution in [2.45, 2.75) is 13.5 Å². The molecule has 0 amide bonds. The average Bonchev–Trinajstić information content (AvgIpc) is 2.80. The number of aromatic nitrogens is 2. The van der Waals surface area contributed by atoms with Crippen molar-refractivity contribution in [1.82, 2.24) is 9.38 Å². The Morgan fingerprint density at radius 3 is 2.78 bits per heavy atom. The smallest absolute Gasteiger partial charge is 0.137 e. The zero-order chi connectivity index (χ0) is 12.4. The number of para-hydroxylation sites is 1. The zero-order valence-electron chi connectivity index (χ0n) is 10.3. The second-order valence-electron chi connectivity index (χ2n) is 4.37. The predicted molar refractivity (Wildman–Crippen MR) is 73.7 cm³/mol. The van der Waals surface area contributed by atoms with Gasteiger partial charge in [0, 0.05) is 18.1 Å². The Labute approximate surface area is 106 Å². The Bertz CT molecular complexity index is 637. The van der Waals surface area contributed by atoms with Crippen LogP contribution in [0.2, 0.25) is 0 Å². The Balaban J connectivity index is 1.79. The lowest BCUT2D eigenvalue weighted by atomic mass is 10.2. The van der Waals surface area contributed by atoms with E-state index in [1.54, 1.807) is 0 Å². The molecule has 1 N–H and O–H groups in total. The molecule has 3 heteroatoms. The van der Waals surface area contributed by atoms with Crippen LogP contribution < -0.4 is 5.32 Å². The third kappa shape index (κ3) is 2.07. The maximum atomic E-state index is 4.56. The van der Waals surface area contributed by atoms with Crippen LogP contribution in [0.1, 0.15) is 11.3 Å². The molecule has 18 heavy (non-hydrogen) atoms. The number of hydrogen-bond donors (Lipinski definition) is 1. The van der Waals surface area contributed by atoms with Gasteiger partial charge in [0.1, 0.15) is 5.65 Å². The minimum absolute atomic E-state index is 0.743. The number of fused-ring (bicyclic) bond motifs is 1. The molecule has 0 radical (unpaired) electrons. The van der Waals surface area contributed by atoms with Gasteiger partial charge >= 0.3 is 0 Å². The van der Waals surface area contributed by atoms with Gasteiger partial charge in [-0.1, -0.05) is 24.3 Å². The first-order valence-electron chi connectivity index (χ1n) is 6.05. The lowest BCUT2D eigenvalue weighted by molar-refractivity contribution is 1.07. The van der Waals surface area contributed by atoms with Gasteiger partial charge < -0.3 is 9.72 Å². The molecule has 0 saturated heterocycles. The van der Waals surface area contributed by atoms with Gasteiger partial charge in [0.15, 0.2) is 0 Å². The first kappa shape index (κ1) is 10.8. The summed E-state index contributed by atoms with van der Waals surface area (Å²) in [6.07, 6.45) is 4.07. The Kier molecular flexibility index (Phi) is 2.73. The lowest BCUT2D eigenvalue weighted by Gasteiger charge is -2.06. The monoisotopic (exact) mass is 237 g/mol. The molecule has 3 nitrogen and oxygen atoms in total. The summed E-state index contributed by atoms with van der Waals surface area (Å²) in [6.45, 7) is 2.85. The molecule has 3 aromatic rings. The predicted octanol–water partition coefficient (Wildman–Crippen LogP) is 3.25. The lowest BCUT2D eigenvalue weighted by Crippen LogP contribution is -2.00. The fourth-order valence-corrected chi connectivity index (χ4v) is 2.03. The number of imidazole rings is 1. The van der Waals surface area contributed by atoms with Crippen molar-refractivity contribution < 1.29 is 0 Å². The topological polar surface area (TPSA) is 29.3 Å². The van der Waals surface area contributed by atoms with Gasteiger partial charge in [-0.2, -0.15) is 0 Å². The number of nitrogens with one attached hydrogen (secondary N) is 1. The molecule has 0 spiro atoms. The van der Waals surface area contributed by atoms with Crippen LogP contribution in [0.25, 0.3) is 5.65 Å². The molecule has 0 atom stereocenters. The van der Waals surface area contributed by atoms with Crippen molar-refractivity contribution in [3.05, 3.63) is 66.1 Å². The summed E-state index contributed by atoms with van der Waals surface area (Å²) in [4.78, 5) is 4.56. The van der Waals surface area contributed by atoms with Crippen LogP contribution in [0.3, 0.4) is 0 Å². The number of anilines is 1. The minimum atomic E-state index is 0.743. The molecule has 0 bridgehead atoms. The summed E-state index contributed by atoms with van der Waals surface area (Å²) in [5, 5.41) is 3.41. The molecule has 90 valence electrons. The van der Waals surface area contributed by atoms with Gasteiger partial charge in [0.2, 0.25) is 0 Å². The molecule has 0 aliphatic heterocycles. The number of hydrogen-bond acceptors (Lipinski definition) is 2. The van der Waals surface area contributed by atoms with Gasteiger partial charge in [-0.3, -0.25) is 0 Å². The molecule has 0 fully saturated rings. The SMILES string of the molecule is Cc1ccccc1NCc1cn2ccccc2n1. The summed E-state index contributed by atoms with van der Waals surface area (Å²) in [5.41, 5.74) is 4.44. The molecule has 2 heterocycles. The van der Waals surface area contributed by atoms with E-state index < -0.39 is 0 Å². The normalized spacial score (nSPS) is 10.7. The average molecular weight is 237 g/mol. The van der Waals surface area contributed by atoms with Gasteiger partial charge in [-0.25, -0.2) is 4.98 Å². The second-order valence-corrected chi connectivity index (χ2v) is 4.37. The quantitative estimate of drug-likeness (QED) is 0.757. The van der Waals surface area contributed by atoms with Crippen LogP contribution in [-0.4, -0.2) is 9.38 Å². The maximum Gasteiger partial charge on any atom is 0.137 e. The van der Waals surface area contributed by atoms with E-state index in [-0.39, 0.29) is 0 Å². The van der Waals surface area contributed by atoms with Crippen molar-refractivity contribution in [2.24, 2.45) is 0 Å². The van der Waals surface area contributed by atoms with E-state index in [0.717, 1.165) is 23.6 Å². The molecule has 2 aromatic heterocycles. The molecule has 0 saturated carbocycles. The van der Waals surface area contributed by atoms with Crippen LogP contribution in [0, 0.1) is 6.92 Å². The Morgan fingerprint density at radius 2 is 1.94 bits per heavy atom. The number of rotatable bonds is 3. The summed E-state index contributed by atoms with van der Waals surface area (Å²) in [6, 6.07) is 14.3. The fourth-order valence-electron chi connectivity index (χ4n) is 2.03. The fraction of sp³-hybridized carbons (Fsp3) is 0.133. The number of nitrogens with zero attached hydrogens (tertiary/aromatic N) is 2. The van der Waals surface area contributed by atoms with Crippen molar-refractivity contribution in [3.8, 4) is 0 Å². The Hall–Kier alpha value is -2.29. The standard InChI is InChI=1S/C15H15N3/c1-12-6-2-3-7-14(12)16-10-13-11-18-9-5-4-8-15(18)17-13/h2-9,11,16H,10H2,1H3. The molecule has 0 aliphatic rings. The van der Waals surface area contributed by atoms with E-state index in [0.29, 0.717) is 0 Å². The summed E-state index contributed by atoms with van der Waals surface area (Å²) in [5.74, 6) is 0. The largest absolute Gasteiger partial charge is 0.379 e. The van der Waals surface area contributed by atoms with Gasteiger partial charge in [0.05, 0.1) is 12.2 Å². The first-order valence-corrected chi connectivity index (χ1v) is 6.05. The second kappa shape index (κ2) is 4.53. The Morgan fingerprint density at radius 1 is 1.11 bits per heavy atom. The molecule has 3 rings (SSSR count). The van der Waals surface area contributed by atoms with Crippen LogP contribution in [0.15, 0.2) is 54.9 Å². The summed E-state index contributed by atoms with van der Waals surface area (Å²) >= 11 is 0. The van der Waals surface area contributed by atoms with Crippen molar-refractivity contribution >= 4 is 11.3 Å². The summed E-state index contributed by atoms with van der Waals surface area (Å²) < 4.78 is 2.04. The zero-order valence-corrected chi connectivity index (χ0v) is 10.3. The van der Waals surface area contributed by atoms with E-state index in [4.69, 9.17) is 0 Å². The van der Waals surface area contributed by atoms with E-state index in [1.165, 1.54) is 5.56 Å². The number of benzene rings is 1. The minimum Gasteiger partial charge on any atom is -0.379 e. The highest BCUT2D eigenvalue weighted by Gasteiger charge is 2.01. The number of pyridine rings is 1. The molecular formula is C15H15N3. The highest BCUT2D eigenvalue weighted by Crippen LogP contribution is 2.14. The number of aryl methyl sites for hydroxylation is 1. The third-order valence-corrected chi connectivity index (χ3v) is 3.02. The van der Waals surface area contributed by atoms with Crippen molar-refractivity contribution in [2.75, 3.05) is 5.32 Å². The highest BCUT2D eigenvalue weighted by atomic mass is 15.0. The first-order chi connectivity index (χ1) is 8.83. The van der Waals surface area contributed by atoms with Crippen molar-refractivity contribution in [3.63, 3.8) is 0 Å². The van der Waals surface area contributed by atoms with Gasteiger partial charge in [-0.15, -0.1) is 0 Å². The van der Waals surface area contributed by atoms with Gasteiger partial charge in [-0.05, 0) is 30.7 Å². The molecule has 0 unspecified atom stereocenters. The van der Waals surface area contributed by atoms with Gasteiger partial charge in [0.25, 0.3) is 0 Å². The maximum absolute atomic E-state index is 4.56. The van der Waals surface area contributed by atoms with E-state index >= 15 is 0 Å². The van der Waals surface area contributed by atoms with Crippen molar-refractivity contribution in [1.29, 1.82) is 0 Å². The van der Waals surface area contributed by atoms with E-state index in [9.17, 15) is 0 Å². The molecular weight excluding hydrogens is 222 g/mol. The highest BCUT2D eigenvalue weighted by molar-refractivity contribution is 5.50. The summed E-state index contributed by atoms with van der Waals surface area (Å²) in [7, 11) is 0.